The van der Waals surface area contributed by atoms with Gasteiger partial charge in [0, 0.05) is 5.56 Å². The second-order valence-electron chi connectivity index (χ2n) is 5.29. The summed E-state index contributed by atoms with van der Waals surface area (Å²) in [6, 6.07) is 19.2. The number of nitrogens with zero attached hydrogens (tertiary/aromatic N) is 1. The van der Waals surface area contributed by atoms with Crippen LogP contribution in [-0.2, 0) is 4.79 Å². The van der Waals surface area contributed by atoms with Crippen LogP contribution in [0.5, 0.6) is 5.75 Å². The summed E-state index contributed by atoms with van der Waals surface area (Å²) in [5.41, 5.74) is 1.76. The van der Waals surface area contributed by atoms with Gasteiger partial charge in [-0.25, -0.2) is 4.98 Å². The molecular weight excluding hydrogens is 352 g/mol. The van der Waals surface area contributed by atoms with E-state index in [4.69, 9.17) is 4.74 Å². The van der Waals surface area contributed by atoms with Gasteiger partial charge in [0.1, 0.15) is 16.4 Å². The van der Waals surface area contributed by atoms with Crippen LogP contribution in [-0.4, -0.2) is 23.3 Å². The minimum absolute atomic E-state index is 0.197. The van der Waals surface area contributed by atoms with Crippen LogP contribution in [0.25, 0.3) is 11.3 Å². The van der Waals surface area contributed by atoms with Crippen LogP contribution in [0.1, 0.15) is 6.92 Å². The van der Waals surface area contributed by atoms with Gasteiger partial charge in [-0.1, -0.05) is 71.6 Å². The molecule has 6 heteroatoms. The molecule has 0 bridgehead atoms. The predicted molar refractivity (Wildman–Crippen MR) is 104 cm³/mol. The van der Waals surface area contributed by atoms with Crippen LogP contribution in [0, 0.1) is 0 Å². The van der Waals surface area contributed by atoms with Gasteiger partial charge in [0.15, 0.2) is 10.4 Å². The zero-order valence-electron chi connectivity index (χ0n) is 13.9. The van der Waals surface area contributed by atoms with Crippen LogP contribution in [0.15, 0.2) is 65.0 Å². The Morgan fingerprint density at radius 2 is 1.76 bits per heavy atom. The molecule has 3 aromatic rings. The summed E-state index contributed by atoms with van der Waals surface area (Å²) in [4.78, 5) is 17.2. The van der Waals surface area contributed by atoms with Crippen molar-refractivity contribution in [1.29, 1.82) is 0 Å². The number of hydrogen-bond donors (Lipinski definition) is 1. The van der Waals surface area contributed by atoms with Crippen molar-refractivity contribution in [3.8, 4) is 17.0 Å². The van der Waals surface area contributed by atoms with Gasteiger partial charge in [0.05, 0.1) is 0 Å². The maximum Gasteiger partial charge on any atom is 0.265 e. The predicted octanol–water partition coefficient (Wildman–Crippen LogP) is 4.94. The number of amides is 1. The van der Waals surface area contributed by atoms with Gasteiger partial charge in [-0.3, -0.25) is 4.79 Å². The van der Waals surface area contributed by atoms with Gasteiger partial charge < -0.3 is 10.1 Å². The Hall–Kier alpha value is -2.31. The topological polar surface area (TPSA) is 51.2 Å². The first-order valence-electron chi connectivity index (χ1n) is 7.80. The summed E-state index contributed by atoms with van der Waals surface area (Å²) in [6.45, 7) is 1.74. The Morgan fingerprint density at radius 3 is 2.40 bits per heavy atom. The molecule has 128 valence electrons. The van der Waals surface area contributed by atoms with Crippen molar-refractivity contribution in [2.24, 2.45) is 0 Å². The number of hydrogen-bond acceptors (Lipinski definition) is 5. The molecule has 1 unspecified atom stereocenters. The van der Waals surface area contributed by atoms with Crippen molar-refractivity contribution in [3.63, 3.8) is 0 Å². The molecule has 0 radical (unpaired) electrons. The third kappa shape index (κ3) is 4.41. The molecule has 0 aliphatic rings. The second kappa shape index (κ2) is 8.18. The fourth-order valence-electron chi connectivity index (χ4n) is 2.23. The van der Waals surface area contributed by atoms with E-state index < -0.39 is 6.10 Å². The number of anilines is 1. The Kier molecular flexibility index (Phi) is 5.73. The number of nitrogens with one attached hydrogen (secondary N) is 1. The zero-order chi connectivity index (χ0) is 17.6. The molecule has 2 aromatic carbocycles. The summed E-state index contributed by atoms with van der Waals surface area (Å²) >= 11 is 3.03. The van der Waals surface area contributed by atoms with Crippen LogP contribution < -0.4 is 10.1 Å². The standard InChI is InChI=1S/C19H18N2O2S2/c1-13(23-15-11-7-4-8-12-15)17(22)21-18-16(20-19(24-2)25-18)14-9-5-3-6-10-14/h3-13H,1-2H3,(H,21,22). The van der Waals surface area contributed by atoms with Crippen molar-refractivity contribution in [3.05, 3.63) is 60.7 Å². The number of thioether (sulfide) groups is 1. The van der Waals surface area contributed by atoms with Gasteiger partial charge in [-0.2, -0.15) is 0 Å². The van der Waals surface area contributed by atoms with E-state index in [0.717, 1.165) is 20.6 Å². The van der Waals surface area contributed by atoms with E-state index in [9.17, 15) is 4.79 Å². The highest BCUT2D eigenvalue weighted by atomic mass is 32.2. The highest BCUT2D eigenvalue weighted by Gasteiger charge is 2.20. The molecule has 0 fully saturated rings. The lowest BCUT2D eigenvalue weighted by Crippen LogP contribution is -2.30. The lowest BCUT2D eigenvalue weighted by Gasteiger charge is -2.14. The third-order valence-corrected chi connectivity index (χ3v) is 5.45. The molecule has 25 heavy (non-hydrogen) atoms. The zero-order valence-corrected chi connectivity index (χ0v) is 15.6. The van der Waals surface area contributed by atoms with E-state index in [1.807, 2.05) is 66.9 Å². The van der Waals surface area contributed by atoms with Gasteiger partial charge in [-0.15, -0.1) is 0 Å². The SMILES string of the molecule is CSc1nc(-c2ccccc2)c(NC(=O)C(C)Oc2ccccc2)s1. The van der Waals surface area contributed by atoms with Gasteiger partial charge in [0.2, 0.25) is 0 Å². The summed E-state index contributed by atoms with van der Waals surface area (Å²) in [7, 11) is 0. The third-order valence-electron chi connectivity index (χ3n) is 3.49. The summed E-state index contributed by atoms with van der Waals surface area (Å²) in [6.07, 6.45) is 1.37. The Bertz CT molecular complexity index is 835. The van der Waals surface area contributed by atoms with Crippen molar-refractivity contribution in [2.75, 3.05) is 11.6 Å². The lowest BCUT2D eigenvalue weighted by atomic mass is 10.2. The smallest absolute Gasteiger partial charge is 0.265 e. The number of para-hydroxylation sites is 1. The molecule has 1 heterocycles. The summed E-state index contributed by atoms with van der Waals surface area (Å²) in [5, 5.41) is 3.70. The highest BCUT2D eigenvalue weighted by Crippen LogP contribution is 2.36. The quantitative estimate of drug-likeness (QED) is 0.625. The molecule has 1 amide bonds. The highest BCUT2D eigenvalue weighted by molar-refractivity contribution is 8.00. The Labute approximate surface area is 155 Å². The molecule has 1 aromatic heterocycles. The minimum atomic E-state index is -0.606. The maximum atomic E-state index is 12.5. The van der Waals surface area contributed by atoms with Crippen molar-refractivity contribution >= 4 is 34.0 Å². The number of rotatable bonds is 6. The molecule has 3 rings (SSSR count). The molecule has 1 atom stereocenters. The fourth-order valence-corrected chi connectivity index (χ4v) is 3.72. The van der Waals surface area contributed by atoms with E-state index in [1.54, 1.807) is 18.7 Å². The molecule has 4 nitrogen and oxygen atoms in total. The summed E-state index contributed by atoms with van der Waals surface area (Å²) in [5.74, 6) is 0.472. The van der Waals surface area contributed by atoms with Crippen LogP contribution in [0.2, 0.25) is 0 Å². The van der Waals surface area contributed by atoms with Crippen LogP contribution in [0.3, 0.4) is 0 Å². The molecule has 1 N–H and O–H groups in total. The average molecular weight is 370 g/mol. The van der Waals surface area contributed by atoms with E-state index in [-0.39, 0.29) is 5.91 Å². The lowest BCUT2D eigenvalue weighted by molar-refractivity contribution is -0.122. The Morgan fingerprint density at radius 1 is 1.12 bits per heavy atom. The number of carbonyl (C=O) groups excluding carboxylic acids is 1. The second-order valence-corrected chi connectivity index (χ2v) is 7.34. The largest absolute Gasteiger partial charge is 0.481 e. The monoisotopic (exact) mass is 370 g/mol. The number of aromatic nitrogens is 1. The number of thiazole rings is 1. The van der Waals surface area contributed by atoms with Crippen LogP contribution >= 0.6 is 23.1 Å². The molecular formula is C19H18N2O2S2. The van der Waals surface area contributed by atoms with Crippen molar-refractivity contribution in [1.82, 2.24) is 4.98 Å². The number of carbonyl (C=O) groups is 1. The van der Waals surface area contributed by atoms with Gasteiger partial charge in [0.25, 0.3) is 5.91 Å². The molecule has 0 saturated carbocycles. The van der Waals surface area contributed by atoms with Crippen molar-refractivity contribution < 1.29 is 9.53 Å². The number of ether oxygens (including phenoxy) is 1. The first kappa shape index (κ1) is 17.5. The van der Waals surface area contributed by atoms with Crippen LogP contribution in [0.4, 0.5) is 5.00 Å². The van der Waals surface area contributed by atoms with Crippen molar-refractivity contribution in [2.45, 2.75) is 17.4 Å². The number of benzene rings is 2. The summed E-state index contributed by atoms with van der Waals surface area (Å²) < 4.78 is 6.60. The fraction of sp³-hybridized carbons (Fsp3) is 0.158. The first-order valence-corrected chi connectivity index (χ1v) is 9.84. The van der Waals surface area contributed by atoms with Gasteiger partial charge in [-0.05, 0) is 25.3 Å². The normalized spacial score (nSPS) is 11.8. The average Bonchev–Trinajstić information content (AvgIpc) is 3.06. The van der Waals surface area contributed by atoms with E-state index >= 15 is 0 Å². The molecule has 0 saturated heterocycles. The maximum absolute atomic E-state index is 12.5. The first-order chi connectivity index (χ1) is 12.2. The van der Waals surface area contributed by atoms with E-state index in [1.165, 1.54) is 11.3 Å². The Balaban J connectivity index is 1.78. The minimum Gasteiger partial charge on any atom is -0.481 e. The molecule has 0 aliphatic carbocycles. The van der Waals surface area contributed by atoms with E-state index in [2.05, 4.69) is 10.3 Å². The molecule has 0 spiro atoms. The van der Waals surface area contributed by atoms with E-state index in [0.29, 0.717) is 5.75 Å². The molecule has 0 aliphatic heterocycles. The van der Waals surface area contributed by atoms with Gasteiger partial charge >= 0.3 is 0 Å².